The third-order valence-corrected chi connectivity index (χ3v) is 30.3. The predicted octanol–water partition coefficient (Wildman–Crippen LogP) is 11.9. The lowest BCUT2D eigenvalue weighted by Crippen LogP contribution is -2.57. The van der Waals surface area contributed by atoms with Gasteiger partial charge in [0.25, 0.3) is 0 Å². The van der Waals surface area contributed by atoms with E-state index >= 15 is 0 Å². The summed E-state index contributed by atoms with van der Waals surface area (Å²) >= 11 is 27.6. The molecule has 20 rings (SSSR count). The highest BCUT2D eigenvalue weighted by molar-refractivity contribution is 9.10. The molecule has 10 fully saturated rings. The van der Waals surface area contributed by atoms with Crippen LogP contribution in [0.5, 0.6) is 0 Å². The monoisotopic (exact) mass is 1960 g/mol. The number of piperidine rings is 5. The molecule has 0 aromatic heterocycles. The highest BCUT2D eigenvalue weighted by Gasteiger charge is 2.41. The van der Waals surface area contributed by atoms with Crippen LogP contribution >= 0.6 is 62.3 Å². The van der Waals surface area contributed by atoms with Crippen molar-refractivity contribution in [1.82, 2.24) is 49.0 Å². The second-order valence-electron chi connectivity index (χ2n) is 37.8. The van der Waals surface area contributed by atoms with Crippen LogP contribution in [0.4, 0.5) is 0 Å². The van der Waals surface area contributed by atoms with E-state index in [-0.39, 0.29) is 6.10 Å². The molecule has 5 aromatic carbocycles. The van der Waals surface area contributed by atoms with Crippen molar-refractivity contribution < 1.29 is 23.7 Å². The number of amidine groups is 10. The second kappa shape index (κ2) is 48.4. The lowest BCUT2D eigenvalue weighted by molar-refractivity contribution is -0.0857. The van der Waals surface area contributed by atoms with Crippen LogP contribution in [0.2, 0.25) is 20.1 Å². The fraction of sp³-hybridized carbons (Fsp3) is 0.592. The number of hydrogen-bond acceptors (Lipinski definition) is 30. The van der Waals surface area contributed by atoms with E-state index in [0.29, 0.717) is 128 Å². The summed E-state index contributed by atoms with van der Waals surface area (Å²) in [6.45, 7) is 26.3. The lowest BCUT2D eigenvalue weighted by atomic mass is 9.95. The molecular weight excluding hydrogens is 1830 g/mol. The average molecular weight is 1970 g/mol. The molecule has 30 nitrogen and oxygen atoms in total. The smallest absolute Gasteiger partial charge is 0.135 e. The summed E-state index contributed by atoms with van der Waals surface area (Å²) in [5.41, 5.74) is 35.5. The Kier molecular flexibility index (Phi) is 35.7. The van der Waals surface area contributed by atoms with Gasteiger partial charge in [-0.25, -0.2) is 0 Å². The zero-order chi connectivity index (χ0) is 92.1. The molecule has 10 saturated heterocycles. The third-order valence-electron chi connectivity index (χ3n) is 28.8. The van der Waals surface area contributed by atoms with Gasteiger partial charge in [-0.1, -0.05) is 130 Å². The summed E-state index contributed by atoms with van der Waals surface area (Å²) in [7, 11) is 0. The van der Waals surface area contributed by atoms with Gasteiger partial charge in [-0.15, -0.1) is 51.0 Å². The Hall–Kier alpha value is -7.96. The minimum atomic E-state index is 0.289. The molecule has 1 unspecified atom stereocenters. The quantitative estimate of drug-likeness (QED) is 0.0613. The van der Waals surface area contributed by atoms with E-state index in [1.54, 1.807) is 0 Å². The summed E-state index contributed by atoms with van der Waals surface area (Å²) in [5.74, 6) is 8.27. The van der Waals surface area contributed by atoms with E-state index in [1.807, 2.05) is 48.5 Å². The van der Waals surface area contributed by atoms with Crippen molar-refractivity contribution in [1.29, 1.82) is 0 Å². The zero-order valence-electron chi connectivity index (χ0n) is 77.3. The van der Waals surface area contributed by atoms with Gasteiger partial charge >= 0.3 is 0 Å². The van der Waals surface area contributed by atoms with Crippen molar-refractivity contribution >= 4 is 121 Å². The van der Waals surface area contributed by atoms with Gasteiger partial charge in [0.05, 0.1) is 97.2 Å². The number of rotatable bonds is 16. The Morgan fingerprint density at radius 2 is 0.534 bits per heavy atom. The number of halogens is 5. The number of ether oxygens (including phenoxy) is 5. The molecule has 10 N–H and O–H groups in total. The molecule has 0 saturated carbocycles. The average Bonchev–Trinajstić information content (AvgIpc) is 1.47. The fourth-order valence-electron chi connectivity index (χ4n) is 21.5. The number of nitrogens with two attached hydrogens (primary N) is 5. The molecule has 0 radical (unpaired) electrons. The standard InChI is InChI=1S/C21H30ClN5O.C20H28ClN5O.C19H26BrN5O.2C19H26ClN5O/c1-2-19-13-27(18(14-28-19)11-15-3-5-16(22)6-4-15)17-7-9-26(10-8-17)21-12-20(23)24-25-21;1-14-12-26(18(13-27-14)10-15-2-4-16(21)5-3-15)17-6-8-25(9-7-17)20-11-19(22)23-24-20;3*20-15-3-1-14(2-4-15)11-17-13-26-10-9-25(17)16-5-7-24(8-6-16)19-12-18(21)22-23-19/h3-6,17-19H,2,7-14H2,1H3,(H2,23,24);2-5,14,17-18H,6-13H2,1H3,(H2,22,23);3*1-4,16-17H,5-13H2,(H2,21,22)/t18-,19-;14-,18-;2*17-;/m0000./s1. The Morgan fingerprint density at radius 1 is 0.301 bits per heavy atom. The van der Waals surface area contributed by atoms with Crippen LogP contribution in [-0.2, 0) is 55.8 Å². The van der Waals surface area contributed by atoms with Crippen LogP contribution in [0.3, 0.4) is 0 Å². The van der Waals surface area contributed by atoms with E-state index in [4.69, 9.17) is 98.8 Å². The molecule has 133 heavy (non-hydrogen) atoms. The predicted molar refractivity (Wildman–Crippen MR) is 540 cm³/mol. The second-order valence-corrected chi connectivity index (χ2v) is 40.4. The first-order valence-corrected chi connectivity index (χ1v) is 50.7. The molecule has 15 heterocycles. The molecule has 5 aromatic rings. The van der Waals surface area contributed by atoms with Crippen molar-refractivity contribution in [2.24, 2.45) is 79.7 Å². The summed E-state index contributed by atoms with van der Waals surface area (Å²) in [6.07, 6.45) is 21.7. The summed E-state index contributed by atoms with van der Waals surface area (Å²) in [4.78, 5) is 25.1. The zero-order valence-corrected chi connectivity index (χ0v) is 82.0. The van der Waals surface area contributed by atoms with Crippen molar-refractivity contribution in [3.63, 3.8) is 0 Å². The Labute approximate surface area is 813 Å². The molecule has 0 amide bonds. The number of nitrogens with zero attached hydrogens (tertiary/aromatic N) is 20. The lowest BCUT2D eigenvalue weighted by Gasteiger charge is -2.47. The molecule has 7 atom stereocenters. The largest absolute Gasteiger partial charge is 0.385 e. The summed E-state index contributed by atoms with van der Waals surface area (Å²) in [5, 5.41) is 44.2. The first-order chi connectivity index (χ1) is 64.8. The highest BCUT2D eigenvalue weighted by atomic mass is 79.9. The molecule has 35 heteroatoms. The van der Waals surface area contributed by atoms with Crippen molar-refractivity contribution in [2.75, 3.05) is 151 Å². The van der Waals surface area contributed by atoms with Gasteiger partial charge in [0.1, 0.15) is 58.4 Å². The van der Waals surface area contributed by atoms with E-state index in [1.165, 1.54) is 27.8 Å². The molecule has 0 spiro atoms. The number of hydrogen-bond donors (Lipinski definition) is 5. The van der Waals surface area contributed by atoms with Gasteiger partial charge in [-0.3, -0.25) is 24.5 Å². The molecule has 718 valence electrons. The van der Waals surface area contributed by atoms with Gasteiger partial charge in [-0.05, 0) is 198 Å². The summed E-state index contributed by atoms with van der Waals surface area (Å²) < 4.78 is 30.6. The van der Waals surface area contributed by atoms with Crippen LogP contribution in [0.15, 0.2) is 177 Å². The van der Waals surface area contributed by atoms with Gasteiger partial charge in [0, 0.05) is 183 Å². The van der Waals surface area contributed by atoms with E-state index in [9.17, 15) is 0 Å². The maximum absolute atomic E-state index is 6.14. The van der Waals surface area contributed by atoms with Crippen molar-refractivity contribution in [3.8, 4) is 0 Å². The first-order valence-electron chi connectivity index (χ1n) is 48.4. The van der Waals surface area contributed by atoms with E-state index in [0.717, 1.165) is 308 Å². The SMILES string of the molecule is CC[C@H]1CN(C2CCN(C3=NN=C(N)C3)CC2)[C@@H](Cc2ccc(Cl)cc2)CO1.C[C@H]1CN(C2CCN(C3=NN=C(N)C3)CC2)[C@@H](Cc2ccc(Cl)cc2)CO1.NC1=NN=C(N2CCC(N3CCOCC3Cc3ccc(Cl)cc3)CC2)C1.NC1=NN=C(N2CCC(N3CCOC[C@@H]3Cc3ccc(Br)cc3)CC2)C1.NC1=NN=C(N2CCC(N3CCOC[C@@H]3Cc3ccc(Cl)cc3)CC2)C1. The van der Waals surface area contributed by atoms with Gasteiger partial charge in [0.2, 0.25) is 0 Å². The Balaban J connectivity index is 0.000000121. The fourth-order valence-corrected chi connectivity index (χ4v) is 22.3. The maximum atomic E-state index is 6.14. The number of morpholine rings is 5. The highest BCUT2D eigenvalue weighted by Crippen LogP contribution is 2.34. The minimum absolute atomic E-state index is 0.289. The van der Waals surface area contributed by atoms with Crippen LogP contribution in [0.25, 0.3) is 0 Å². The first kappa shape index (κ1) is 98.1. The van der Waals surface area contributed by atoms with Crippen LogP contribution in [-0.4, -0.2) is 331 Å². The van der Waals surface area contributed by atoms with Crippen LogP contribution < -0.4 is 28.7 Å². The molecule has 15 aliphatic heterocycles. The number of likely N-dealkylation sites (tertiary alicyclic amines) is 5. The van der Waals surface area contributed by atoms with E-state index in [2.05, 4.69) is 203 Å². The minimum Gasteiger partial charge on any atom is -0.385 e. The van der Waals surface area contributed by atoms with Gasteiger partial charge < -0.3 is 76.9 Å². The number of benzene rings is 5. The Morgan fingerprint density at radius 3 is 0.782 bits per heavy atom. The van der Waals surface area contributed by atoms with Crippen LogP contribution in [0.1, 0.15) is 144 Å². The molecule has 15 aliphatic rings. The molecular formula is C98H136BrCl4N25O5. The van der Waals surface area contributed by atoms with E-state index < -0.39 is 0 Å². The van der Waals surface area contributed by atoms with Gasteiger partial charge in [-0.2, -0.15) is 0 Å². The normalized spacial score (nSPS) is 26.1. The third kappa shape index (κ3) is 27.7. The molecule has 0 aliphatic carbocycles. The van der Waals surface area contributed by atoms with Crippen molar-refractivity contribution in [2.45, 2.75) is 221 Å². The summed E-state index contributed by atoms with van der Waals surface area (Å²) in [6, 6.07) is 46.7. The molecule has 0 bridgehead atoms. The van der Waals surface area contributed by atoms with Crippen LogP contribution in [0, 0.1) is 0 Å². The maximum Gasteiger partial charge on any atom is 0.135 e. The van der Waals surface area contributed by atoms with Gasteiger partial charge in [0.15, 0.2) is 0 Å². The topological polar surface area (TPSA) is 332 Å². The Bertz CT molecular complexity index is 4610. The van der Waals surface area contributed by atoms with Crippen molar-refractivity contribution in [3.05, 3.63) is 174 Å².